The van der Waals surface area contributed by atoms with Crippen LogP contribution in [0, 0.1) is 5.92 Å². The smallest absolute Gasteiger partial charge is 0.184 e. The largest absolute Gasteiger partial charge is 0.358 e. The Labute approximate surface area is 114 Å². The lowest BCUT2D eigenvalue weighted by Gasteiger charge is -1.99. The molecule has 1 fully saturated rings. The molecule has 2 nitrogen and oxygen atoms in total. The van der Waals surface area contributed by atoms with Crippen LogP contribution in [0.1, 0.15) is 26.2 Å². The van der Waals surface area contributed by atoms with Gasteiger partial charge in [-0.3, -0.25) is 0 Å². The minimum atomic E-state index is 0.666. The molecule has 1 saturated carbocycles. The van der Waals surface area contributed by atoms with Gasteiger partial charge in [-0.05, 0) is 37.0 Å². The van der Waals surface area contributed by atoms with Crippen LogP contribution in [0.5, 0.6) is 0 Å². The van der Waals surface area contributed by atoms with Crippen LogP contribution in [0.3, 0.4) is 0 Å². The van der Waals surface area contributed by atoms with E-state index >= 15 is 0 Å². The van der Waals surface area contributed by atoms with Gasteiger partial charge in [0.15, 0.2) is 5.13 Å². The fourth-order valence-electron chi connectivity index (χ4n) is 2.24. The quantitative estimate of drug-likeness (QED) is 0.888. The maximum atomic E-state index is 4.63. The molecular weight excluding hydrogens is 296 g/mol. The summed E-state index contributed by atoms with van der Waals surface area (Å²) in [5.74, 6) is 0.874. The maximum absolute atomic E-state index is 4.63. The number of hydrogen-bond donors (Lipinski definition) is 1. The molecule has 1 aliphatic carbocycles. The monoisotopic (exact) mass is 310 g/mol. The van der Waals surface area contributed by atoms with Gasteiger partial charge < -0.3 is 5.32 Å². The zero-order chi connectivity index (χ0) is 11.8. The maximum Gasteiger partial charge on any atom is 0.184 e. The number of fused-ring (bicyclic) bond motifs is 1. The summed E-state index contributed by atoms with van der Waals surface area (Å²) in [6.45, 7) is 2.25. The Bertz CT molecular complexity index is 537. The second-order valence-electron chi connectivity index (χ2n) is 4.67. The van der Waals surface area contributed by atoms with E-state index in [0.717, 1.165) is 21.0 Å². The average Bonchev–Trinajstić information content (AvgIpc) is 2.88. The molecule has 0 saturated heterocycles. The molecule has 0 spiro atoms. The van der Waals surface area contributed by atoms with E-state index in [2.05, 4.69) is 51.4 Å². The molecule has 2 atom stereocenters. The third kappa shape index (κ3) is 2.47. The third-order valence-electron chi connectivity index (χ3n) is 3.24. The standard InChI is InChI=1S/C13H15BrN2S/c1-2-3-8-6-10(8)15-13-16-11-7-9(14)4-5-12(11)17-13/h4-5,7-8,10H,2-3,6H2,1H3,(H,15,16). The second kappa shape index (κ2) is 4.58. The summed E-state index contributed by atoms with van der Waals surface area (Å²) < 4.78 is 2.35. The van der Waals surface area contributed by atoms with Crippen LogP contribution in [0.15, 0.2) is 22.7 Å². The summed E-state index contributed by atoms with van der Waals surface area (Å²) in [6, 6.07) is 6.94. The Morgan fingerprint density at radius 3 is 3.24 bits per heavy atom. The lowest BCUT2D eigenvalue weighted by atomic mass is 10.2. The number of nitrogens with zero attached hydrogens (tertiary/aromatic N) is 1. The van der Waals surface area contributed by atoms with Crippen LogP contribution in [-0.4, -0.2) is 11.0 Å². The SMILES string of the molecule is CCCC1CC1Nc1nc2cc(Br)ccc2s1. The topological polar surface area (TPSA) is 24.9 Å². The highest BCUT2D eigenvalue weighted by Gasteiger charge is 2.36. The number of aromatic nitrogens is 1. The highest BCUT2D eigenvalue weighted by Crippen LogP contribution is 2.39. The van der Waals surface area contributed by atoms with Crippen molar-refractivity contribution in [1.29, 1.82) is 0 Å². The number of anilines is 1. The Balaban J connectivity index is 1.74. The summed E-state index contributed by atoms with van der Waals surface area (Å²) in [6.07, 6.45) is 3.94. The number of halogens is 1. The van der Waals surface area contributed by atoms with Crippen LogP contribution in [0.4, 0.5) is 5.13 Å². The fraction of sp³-hybridized carbons (Fsp3) is 0.462. The summed E-state index contributed by atoms with van der Waals surface area (Å²) in [4.78, 5) is 4.63. The first-order valence-electron chi connectivity index (χ1n) is 6.09. The van der Waals surface area contributed by atoms with Crippen LogP contribution < -0.4 is 5.32 Å². The average molecular weight is 311 g/mol. The van der Waals surface area contributed by atoms with Crippen molar-refractivity contribution in [2.75, 3.05) is 5.32 Å². The first kappa shape index (κ1) is 11.5. The normalized spacial score (nSPS) is 22.9. The Morgan fingerprint density at radius 2 is 2.41 bits per heavy atom. The Kier molecular flexibility index (Phi) is 3.09. The van der Waals surface area contributed by atoms with E-state index in [1.54, 1.807) is 11.3 Å². The zero-order valence-electron chi connectivity index (χ0n) is 9.74. The van der Waals surface area contributed by atoms with E-state index in [4.69, 9.17) is 0 Å². The number of benzene rings is 1. The van der Waals surface area contributed by atoms with Gasteiger partial charge in [-0.2, -0.15) is 0 Å². The van der Waals surface area contributed by atoms with Crippen molar-refractivity contribution in [1.82, 2.24) is 4.98 Å². The molecule has 1 aliphatic rings. The number of nitrogens with one attached hydrogen (secondary N) is 1. The van der Waals surface area contributed by atoms with Crippen LogP contribution in [0.2, 0.25) is 0 Å². The molecule has 4 heteroatoms. The van der Waals surface area contributed by atoms with E-state index < -0.39 is 0 Å². The molecule has 17 heavy (non-hydrogen) atoms. The van der Waals surface area contributed by atoms with Crippen molar-refractivity contribution in [3.63, 3.8) is 0 Å². The van der Waals surface area contributed by atoms with E-state index in [1.807, 2.05) is 0 Å². The van der Waals surface area contributed by atoms with Gasteiger partial charge in [-0.15, -0.1) is 0 Å². The van der Waals surface area contributed by atoms with Crippen molar-refractivity contribution >= 4 is 42.6 Å². The van der Waals surface area contributed by atoms with Gasteiger partial charge in [0.25, 0.3) is 0 Å². The lowest BCUT2D eigenvalue weighted by Crippen LogP contribution is -2.03. The van der Waals surface area contributed by atoms with Crippen molar-refractivity contribution in [2.45, 2.75) is 32.2 Å². The summed E-state index contributed by atoms with van der Waals surface area (Å²) in [5, 5.41) is 4.62. The number of hydrogen-bond acceptors (Lipinski definition) is 3. The summed E-state index contributed by atoms with van der Waals surface area (Å²) >= 11 is 5.23. The minimum Gasteiger partial charge on any atom is -0.358 e. The van der Waals surface area contributed by atoms with Crippen LogP contribution in [0.25, 0.3) is 10.2 Å². The van der Waals surface area contributed by atoms with Gasteiger partial charge in [0.1, 0.15) is 0 Å². The van der Waals surface area contributed by atoms with Crippen molar-refractivity contribution < 1.29 is 0 Å². The van der Waals surface area contributed by atoms with Gasteiger partial charge in [0.05, 0.1) is 10.2 Å². The predicted molar refractivity (Wildman–Crippen MR) is 77.7 cm³/mol. The molecule has 2 unspecified atom stereocenters. The number of rotatable bonds is 4. The Hall–Kier alpha value is -0.610. The molecule has 1 aromatic heterocycles. The molecular formula is C13H15BrN2S. The molecule has 0 amide bonds. The van der Waals surface area contributed by atoms with Gasteiger partial charge >= 0.3 is 0 Å². The van der Waals surface area contributed by atoms with Gasteiger partial charge in [-0.1, -0.05) is 40.6 Å². The number of thiazole rings is 1. The fourth-order valence-corrected chi connectivity index (χ4v) is 3.49. The molecule has 1 aromatic carbocycles. The predicted octanol–water partition coefficient (Wildman–Crippen LogP) is 4.66. The molecule has 1 N–H and O–H groups in total. The van der Waals surface area contributed by atoms with Crippen molar-refractivity contribution in [2.24, 2.45) is 5.92 Å². The first-order valence-corrected chi connectivity index (χ1v) is 7.70. The van der Waals surface area contributed by atoms with E-state index in [0.29, 0.717) is 6.04 Å². The Morgan fingerprint density at radius 1 is 1.53 bits per heavy atom. The molecule has 1 heterocycles. The van der Waals surface area contributed by atoms with E-state index in [1.165, 1.54) is 24.0 Å². The van der Waals surface area contributed by atoms with Crippen LogP contribution >= 0.6 is 27.3 Å². The summed E-state index contributed by atoms with van der Waals surface area (Å²) in [5.41, 5.74) is 1.08. The molecule has 90 valence electrons. The highest BCUT2D eigenvalue weighted by atomic mass is 79.9. The molecule has 2 aromatic rings. The first-order chi connectivity index (χ1) is 8.26. The molecule has 0 aliphatic heterocycles. The van der Waals surface area contributed by atoms with Crippen LogP contribution in [-0.2, 0) is 0 Å². The molecule has 0 bridgehead atoms. The molecule has 3 rings (SSSR count). The lowest BCUT2D eigenvalue weighted by molar-refractivity contribution is 0.693. The van der Waals surface area contributed by atoms with Gasteiger partial charge in [0.2, 0.25) is 0 Å². The zero-order valence-corrected chi connectivity index (χ0v) is 12.1. The highest BCUT2D eigenvalue weighted by molar-refractivity contribution is 9.10. The van der Waals surface area contributed by atoms with Gasteiger partial charge in [0, 0.05) is 10.5 Å². The minimum absolute atomic E-state index is 0.666. The second-order valence-corrected chi connectivity index (χ2v) is 6.61. The molecule has 0 radical (unpaired) electrons. The third-order valence-corrected chi connectivity index (χ3v) is 4.70. The van der Waals surface area contributed by atoms with E-state index in [-0.39, 0.29) is 0 Å². The van der Waals surface area contributed by atoms with E-state index in [9.17, 15) is 0 Å². The van der Waals surface area contributed by atoms with Gasteiger partial charge in [-0.25, -0.2) is 4.98 Å². The summed E-state index contributed by atoms with van der Waals surface area (Å²) in [7, 11) is 0. The van der Waals surface area contributed by atoms with Crippen molar-refractivity contribution in [3.05, 3.63) is 22.7 Å². The van der Waals surface area contributed by atoms with Crippen molar-refractivity contribution in [3.8, 4) is 0 Å².